The number of benzene rings is 2. The predicted molar refractivity (Wildman–Crippen MR) is 217 cm³/mol. The van der Waals surface area contributed by atoms with Crippen LogP contribution in [-0.4, -0.2) is 97.7 Å². The van der Waals surface area contributed by atoms with E-state index in [4.69, 9.17) is 14.4 Å². The Morgan fingerprint density at radius 3 is 1.32 bits per heavy atom. The largest absolute Gasteiger partial charge is 0.405 e. The highest BCUT2D eigenvalue weighted by atomic mass is 16.7. The number of amides is 4. The highest BCUT2D eigenvalue weighted by molar-refractivity contribution is 5.97. The third-order valence-corrected chi connectivity index (χ3v) is 9.75. The van der Waals surface area contributed by atoms with Gasteiger partial charge in [-0.3, -0.25) is 28.8 Å². The molecule has 1 saturated heterocycles. The number of hydrogen-bond donors (Lipinski definition) is 6. The van der Waals surface area contributed by atoms with Crippen molar-refractivity contribution >= 4 is 23.6 Å². The van der Waals surface area contributed by atoms with Gasteiger partial charge in [0, 0.05) is 13.1 Å². The lowest BCUT2D eigenvalue weighted by atomic mass is 10.1. The van der Waals surface area contributed by atoms with Crippen molar-refractivity contribution in [3.05, 3.63) is 139 Å². The van der Waals surface area contributed by atoms with Gasteiger partial charge in [-0.25, -0.2) is 0 Å². The van der Waals surface area contributed by atoms with Gasteiger partial charge in [-0.2, -0.15) is 0 Å². The molecular weight excluding hydrogens is 761 g/mol. The van der Waals surface area contributed by atoms with Gasteiger partial charge in [0.15, 0.2) is 0 Å². The number of fused-ring (bicyclic) bond motifs is 2. The lowest BCUT2D eigenvalue weighted by Crippen LogP contribution is -2.52. The van der Waals surface area contributed by atoms with E-state index in [1.165, 1.54) is 24.3 Å². The van der Waals surface area contributed by atoms with Crippen molar-refractivity contribution in [2.75, 3.05) is 52.5 Å². The lowest BCUT2D eigenvalue weighted by molar-refractivity contribution is 0.0669. The molecule has 312 valence electrons. The third kappa shape index (κ3) is 11.6. The molecule has 17 heteroatoms. The van der Waals surface area contributed by atoms with Crippen LogP contribution in [0.5, 0.6) is 0 Å². The molecular formula is C42H50N8O9. The van der Waals surface area contributed by atoms with Gasteiger partial charge in [-0.1, -0.05) is 60.7 Å². The maximum atomic E-state index is 13.9. The van der Waals surface area contributed by atoms with E-state index >= 15 is 0 Å². The van der Waals surface area contributed by atoms with Gasteiger partial charge in [0.2, 0.25) is 0 Å². The van der Waals surface area contributed by atoms with Crippen LogP contribution in [-0.2, 0) is 18.0 Å². The van der Waals surface area contributed by atoms with E-state index in [9.17, 15) is 28.8 Å². The zero-order valence-corrected chi connectivity index (χ0v) is 32.7. The summed E-state index contributed by atoms with van der Waals surface area (Å²) in [6, 6.07) is 21.7. The molecule has 6 N–H and O–H groups in total. The van der Waals surface area contributed by atoms with E-state index in [0.717, 1.165) is 46.5 Å². The van der Waals surface area contributed by atoms with Gasteiger partial charge < -0.3 is 46.3 Å². The van der Waals surface area contributed by atoms with Crippen LogP contribution in [0.4, 0.5) is 0 Å². The Morgan fingerprint density at radius 1 is 0.492 bits per heavy atom. The number of rotatable bonds is 6. The summed E-state index contributed by atoms with van der Waals surface area (Å²) in [7, 11) is 0. The van der Waals surface area contributed by atoms with Gasteiger partial charge >= 0.3 is 0 Å². The van der Waals surface area contributed by atoms with E-state index < -0.39 is 46.8 Å². The number of hydrogen-bond acceptors (Lipinski definition) is 11. The van der Waals surface area contributed by atoms with Crippen LogP contribution in [0.2, 0.25) is 0 Å². The van der Waals surface area contributed by atoms with Crippen molar-refractivity contribution in [2.45, 2.75) is 51.0 Å². The lowest BCUT2D eigenvalue weighted by Gasteiger charge is -2.22. The SMILES string of the molecule is O=C1NCCCNCCCCNCCCNC(=O)c2ccc(n(OCc3ccccc3)c2=O)C(=O)N[C@@H]2COC[C@@H]2NC(=O)c2ccc1c(=O)n2OCc1ccccc1. The summed E-state index contributed by atoms with van der Waals surface area (Å²) in [5, 5.41) is 17.9. The fourth-order valence-electron chi connectivity index (χ4n) is 6.50. The molecule has 6 heterocycles. The van der Waals surface area contributed by atoms with Gasteiger partial charge in [0.05, 0.1) is 25.3 Å². The molecule has 0 saturated carbocycles. The topological polar surface area (TPSA) is 212 Å². The molecule has 0 aliphatic carbocycles. The predicted octanol–water partition coefficient (Wildman–Crippen LogP) is 0.408. The maximum Gasteiger partial charge on any atom is 0.296 e. The zero-order chi connectivity index (χ0) is 41.4. The second-order valence-electron chi connectivity index (χ2n) is 14.1. The molecule has 0 spiro atoms. The number of nitrogens with one attached hydrogen (secondary N) is 6. The highest BCUT2D eigenvalue weighted by Gasteiger charge is 2.34. The Balaban J connectivity index is 1.25. The minimum atomic E-state index is -0.824. The first-order chi connectivity index (χ1) is 28.8. The van der Waals surface area contributed by atoms with Crippen LogP contribution in [0.15, 0.2) is 94.5 Å². The van der Waals surface area contributed by atoms with Gasteiger partial charge in [0.25, 0.3) is 34.7 Å². The number of ether oxygens (including phenoxy) is 1. The Bertz CT molecular complexity index is 2030. The molecule has 2 aromatic carbocycles. The molecule has 1 fully saturated rings. The summed E-state index contributed by atoms with van der Waals surface area (Å²) in [4.78, 5) is 93.4. The van der Waals surface area contributed by atoms with E-state index in [1.807, 2.05) is 12.1 Å². The van der Waals surface area contributed by atoms with E-state index in [-0.39, 0.29) is 48.9 Å². The molecule has 4 aliphatic heterocycles. The molecule has 0 radical (unpaired) electrons. The van der Waals surface area contributed by atoms with Crippen LogP contribution in [0.3, 0.4) is 0 Å². The monoisotopic (exact) mass is 810 g/mol. The molecule has 59 heavy (non-hydrogen) atoms. The summed E-state index contributed by atoms with van der Waals surface area (Å²) >= 11 is 0. The van der Waals surface area contributed by atoms with Crippen molar-refractivity contribution in [3.8, 4) is 0 Å². The van der Waals surface area contributed by atoms with E-state index in [2.05, 4.69) is 31.9 Å². The molecule has 2 atom stereocenters. The summed E-state index contributed by atoms with van der Waals surface area (Å²) in [6.07, 6.45) is 3.13. The Labute approximate surface area is 340 Å². The van der Waals surface area contributed by atoms with Crippen LogP contribution < -0.4 is 52.7 Å². The normalized spacial score (nSPS) is 19.1. The smallest absolute Gasteiger partial charge is 0.296 e. The Hall–Kier alpha value is -6.30. The number of carbonyl (C=O) groups excluding carboxylic acids is 4. The first kappa shape index (κ1) is 42.3. The first-order valence-electron chi connectivity index (χ1n) is 19.8. The van der Waals surface area contributed by atoms with Gasteiger partial charge in [-0.05, 0) is 87.3 Å². The van der Waals surface area contributed by atoms with Crippen LogP contribution in [0, 0.1) is 0 Å². The fourth-order valence-corrected chi connectivity index (χ4v) is 6.50. The molecule has 17 nitrogen and oxygen atoms in total. The summed E-state index contributed by atoms with van der Waals surface area (Å²) < 4.78 is 7.25. The zero-order valence-electron chi connectivity index (χ0n) is 32.7. The summed E-state index contributed by atoms with van der Waals surface area (Å²) in [5.41, 5.74) is -0.975. The minimum absolute atomic E-state index is 0.00702. The average molecular weight is 811 g/mol. The molecule has 0 unspecified atom stereocenters. The molecule has 4 amide bonds. The average Bonchev–Trinajstić information content (AvgIpc) is 3.68. The first-order valence-corrected chi connectivity index (χ1v) is 19.8. The van der Waals surface area contributed by atoms with Crippen LogP contribution >= 0.6 is 0 Å². The van der Waals surface area contributed by atoms with Crippen molar-refractivity contribution in [1.82, 2.24) is 41.4 Å². The third-order valence-electron chi connectivity index (χ3n) is 9.75. The molecule has 4 aliphatic rings. The number of aromatic nitrogens is 2. The van der Waals surface area contributed by atoms with Crippen molar-refractivity contribution < 1.29 is 33.6 Å². The second-order valence-corrected chi connectivity index (χ2v) is 14.1. The number of pyridine rings is 2. The standard InChI is InChI=1S/C42H50N8O9/c51-37-31-15-17-35(49(41(31)55)58-25-29-11-3-1-4-12-29)39(53)47-33-27-57-28-34(33)48-40(54)36-18-16-32(42(56)50(36)59-26-30-13-5-2-6-14-30)38(52)46-24-10-22-44-20-8-7-19-43-21-9-23-45-37/h1-6,11-18,33-34,43-44H,7-10,19-28H2,(H,45,51)(H,46,52)(H,47,53)(H,48,54)/t33-,34+. The minimum Gasteiger partial charge on any atom is -0.405 e. The summed E-state index contributed by atoms with van der Waals surface area (Å²) in [5.74, 6) is -2.65. The second kappa shape index (κ2) is 21.5. The number of nitrogens with zero attached hydrogens (tertiary/aromatic N) is 2. The van der Waals surface area contributed by atoms with Crippen molar-refractivity contribution in [2.24, 2.45) is 0 Å². The van der Waals surface area contributed by atoms with E-state index in [1.54, 1.807) is 48.5 Å². The van der Waals surface area contributed by atoms with Gasteiger partial charge in [-0.15, -0.1) is 9.46 Å². The molecule has 2 aromatic heterocycles. The van der Waals surface area contributed by atoms with Gasteiger partial charge in [0.1, 0.15) is 35.7 Å². The quantitative estimate of drug-likeness (QED) is 0.157. The Kier molecular flexibility index (Phi) is 15.4. The maximum absolute atomic E-state index is 13.9. The molecule has 4 aromatic rings. The van der Waals surface area contributed by atoms with Crippen LogP contribution in [0.1, 0.15) is 78.5 Å². The summed E-state index contributed by atoms with van der Waals surface area (Å²) in [6.45, 7) is 3.42. The highest BCUT2D eigenvalue weighted by Crippen LogP contribution is 2.11. The van der Waals surface area contributed by atoms with Crippen molar-refractivity contribution in [1.29, 1.82) is 0 Å². The Morgan fingerprint density at radius 2 is 0.898 bits per heavy atom. The molecule has 8 rings (SSSR count). The molecule has 4 bridgehead atoms. The van der Waals surface area contributed by atoms with E-state index in [0.29, 0.717) is 39.0 Å². The fraction of sp³-hybridized carbons (Fsp3) is 0.381. The van der Waals surface area contributed by atoms with Crippen LogP contribution in [0.25, 0.3) is 0 Å². The van der Waals surface area contributed by atoms with Crippen molar-refractivity contribution in [3.63, 3.8) is 0 Å². The number of carbonyl (C=O) groups is 4.